The summed E-state index contributed by atoms with van der Waals surface area (Å²) in [7, 11) is -3.13. The Morgan fingerprint density at radius 1 is 1.30 bits per heavy atom. The lowest BCUT2D eigenvalue weighted by Gasteiger charge is -2.26. The number of ether oxygens (including phenoxy) is 1. The van der Waals surface area contributed by atoms with Crippen LogP contribution in [0.4, 0.5) is 0 Å². The van der Waals surface area contributed by atoms with Crippen molar-refractivity contribution >= 4 is 32.6 Å². The predicted octanol–water partition coefficient (Wildman–Crippen LogP) is 0.720. The first-order chi connectivity index (χ1) is 12.8. The van der Waals surface area contributed by atoms with Gasteiger partial charge in [-0.1, -0.05) is 18.2 Å². The van der Waals surface area contributed by atoms with Gasteiger partial charge in [0.15, 0.2) is 16.4 Å². The van der Waals surface area contributed by atoms with E-state index in [1.807, 2.05) is 0 Å². The van der Waals surface area contributed by atoms with E-state index >= 15 is 0 Å². The molecule has 9 heteroatoms. The molecule has 1 aromatic heterocycles. The Balaban J connectivity index is 1.72. The third-order valence-electron chi connectivity index (χ3n) is 4.61. The van der Waals surface area contributed by atoms with E-state index in [1.165, 1.54) is 4.90 Å². The number of nitrogens with one attached hydrogen (secondary N) is 1. The lowest BCUT2D eigenvalue weighted by molar-refractivity contribution is -0.136. The zero-order valence-electron chi connectivity index (χ0n) is 14.8. The second-order valence-corrected chi connectivity index (χ2v) is 8.63. The number of H-pyrrole nitrogens is 1. The van der Waals surface area contributed by atoms with Crippen molar-refractivity contribution in [2.75, 3.05) is 24.7 Å². The predicted molar refractivity (Wildman–Crippen MR) is 99.3 cm³/mol. The van der Waals surface area contributed by atoms with E-state index in [-0.39, 0.29) is 17.1 Å². The number of sulfone groups is 1. The molecular formula is C18H20N2O6S. The minimum Gasteiger partial charge on any atom is -0.452 e. The number of aromatic nitrogens is 1. The molecule has 3 rings (SSSR count). The quantitative estimate of drug-likeness (QED) is 0.750. The molecule has 1 saturated heterocycles. The fourth-order valence-electron chi connectivity index (χ4n) is 3.32. The summed E-state index contributed by atoms with van der Waals surface area (Å²) in [6, 6.07) is 7.53. The summed E-state index contributed by atoms with van der Waals surface area (Å²) in [5.74, 6) is -1.25. The molecule has 0 saturated carbocycles. The molecule has 1 aromatic carbocycles. The Bertz CT molecular complexity index is 1040. The van der Waals surface area contributed by atoms with Crippen molar-refractivity contribution in [3.05, 3.63) is 46.2 Å². The minimum atomic E-state index is -3.13. The lowest BCUT2D eigenvalue weighted by atomic mass is 10.1. The van der Waals surface area contributed by atoms with Crippen LogP contribution in [-0.4, -0.2) is 60.9 Å². The van der Waals surface area contributed by atoms with Crippen molar-refractivity contribution in [1.82, 2.24) is 9.88 Å². The summed E-state index contributed by atoms with van der Waals surface area (Å²) in [5, 5.41) is 0.517. The molecule has 0 unspecified atom stereocenters. The fraction of sp³-hybridized carbons (Fsp3) is 0.389. The third-order valence-corrected chi connectivity index (χ3v) is 6.36. The third kappa shape index (κ3) is 4.19. The van der Waals surface area contributed by atoms with E-state index in [0.717, 1.165) is 6.07 Å². The van der Waals surface area contributed by atoms with Gasteiger partial charge in [-0.25, -0.2) is 13.2 Å². The van der Waals surface area contributed by atoms with Crippen LogP contribution in [0.5, 0.6) is 0 Å². The zero-order valence-corrected chi connectivity index (χ0v) is 15.6. The van der Waals surface area contributed by atoms with Gasteiger partial charge in [-0.15, -0.1) is 0 Å². The molecule has 1 amide bonds. The molecule has 0 spiro atoms. The first kappa shape index (κ1) is 19.1. The SMILES string of the molecule is CCN(C(=O)COC(=O)c1cc(=O)[nH]c2ccccc12)[C@@H]1CCS(=O)(=O)C1. The number of likely N-dealkylation sites (N-methyl/N-ethyl adjacent to an activating group) is 1. The van der Waals surface area contributed by atoms with Gasteiger partial charge in [-0.2, -0.15) is 0 Å². The Labute approximate surface area is 156 Å². The number of aromatic amines is 1. The molecular weight excluding hydrogens is 372 g/mol. The van der Waals surface area contributed by atoms with Gasteiger partial charge in [0.05, 0.1) is 17.1 Å². The molecule has 1 atom stereocenters. The number of benzene rings is 1. The molecule has 1 aliphatic heterocycles. The van der Waals surface area contributed by atoms with E-state index in [2.05, 4.69) is 4.98 Å². The highest BCUT2D eigenvalue weighted by Gasteiger charge is 2.34. The monoisotopic (exact) mass is 392 g/mol. The molecule has 0 radical (unpaired) electrons. The van der Waals surface area contributed by atoms with Crippen LogP contribution in [0.25, 0.3) is 10.9 Å². The molecule has 27 heavy (non-hydrogen) atoms. The van der Waals surface area contributed by atoms with Crippen LogP contribution in [-0.2, 0) is 19.4 Å². The smallest absolute Gasteiger partial charge is 0.339 e. The Morgan fingerprint density at radius 2 is 2.04 bits per heavy atom. The van der Waals surface area contributed by atoms with Crippen molar-refractivity contribution in [3.63, 3.8) is 0 Å². The first-order valence-corrected chi connectivity index (χ1v) is 10.4. The minimum absolute atomic E-state index is 0.0556. The maximum absolute atomic E-state index is 12.4. The number of hydrogen-bond acceptors (Lipinski definition) is 6. The molecule has 0 bridgehead atoms. The van der Waals surface area contributed by atoms with E-state index in [0.29, 0.717) is 23.9 Å². The van der Waals surface area contributed by atoms with Crippen LogP contribution in [0.15, 0.2) is 35.1 Å². The van der Waals surface area contributed by atoms with Crippen molar-refractivity contribution in [2.24, 2.45) is 0 Å². The van der Waals surface area contributed by atoms with Crippen LogP contribution < -0.4 is 5.56 Å². The molecule has 2 heterocycles. The highest BCUT2D eigenvalue weighted by molar-refractivity contribution is 7.91. The number of rotatable bonds is 5. The van der Waals surface area contributed by atoms with Gasteiger partial charge in [-0.3, -0.25) is 9.59 Å². The summed E-state index contributed by atoms with van der Waals surface area (Å²) in [6.45, 7) is 1.56. The highest BCUT2D eigenvalue weighted by atomic mass is 32.2. The molecule has 8 nitrogen and oxygen atoms in total. The Hall–Kier alpha value is -2.68. The largest absolute Gasteiger partial charge is 0.452 e. The number of amides is 1. The number of carbonyl (C=O) groups is 2. The Kier molecular flexibility index (Phi) is 5.31. The summed E-state index contributed by atoms with van der Waals surface area (Å²) in [6.07, 6.45) is 0.383. The number of carbonyl (C=O) groups excluding carboxylic acids is 2. The standard InChI is InChI=1S/C18H20N2O6S/c1-2-20(12-7-8-27(24,25)11-12)17(22)10-26-18(23)14-9-16(21)19-15-6-4-3-5-13(14)15/h3-6,9,12H,2,7-8,10-11H2,1H3,(H,19,21)/t12-/m1/s1. The molecule has 144 valence electrons. The van der Waals surface area contributed by atoms with Gasteiger partial charge in [0.25, 0.3) is 5.91 Å². The van der Waals surface area contributed by atoms with Gasteiger partial charge < -0.3 is 14.6 Å². The first-order valence-electron chi connectivity index (χ1n) is 8.60. The maximum atomic E-state index is 12.4. The van der Waals surface area contributed by atoms with Crippen molar-refractivity contribution in [3.8, 4) is 0 Å². The van der Waals surface area contributed by atoms with Crippen LogP contribution in [0.1, 0.15) is 23.7 Å². The number of nitrogens with zero attached hydrogens (tertiary/aromatic N) is 1. The van der Waals surface area contributed by atoms with Crippen molar-refractivity contribution < 1.29 is 22.7 Å². The van der Waals surface area contributed by atoms with E-state index in [4.69, 9.17) is 4.74 Å². The zero-order chi connectivity index (χ0) is 19.6. The number of pyridine rings is 1. The van der Waals surface area contributed by atoms with E-state index in [1.54, 1.807) is 31.2 Å². The summed E-state index contributed by atoms with van der Waals surface area (Å²) in [5.41, 5.74) is 0.126. The van der Waals surface area contributed by atoms with Gasteiger partial charge in [-0.05, 0) is 19.4 Å². The van der Waals surface area contributed by atoms with Gasteiger partial charge in [0, 0.05) is 29.6 Å². The van der Waals surface area contributed by atoms with Crippen LogP contribution in [0.3, 0.4) is 0 Å². The maximum Gasteiger partial charge on any atom is 0.339 e. The van der Waals surface area contributed by atoms with Crippen LogP contribution in [0, 0.1) is 0 Å². The normalized spacial score (nSPS) is 18.3. The average molecular weight is 392 g/mol. The van der Waals surface area contributed by atoms with Gasteiger partial charge in [0.2, 0.25) is 5.56 Å². The van der Waals surface area contributed by atoms with Crippen LogP contribution in [0.2, 0.25) is 0 Å². The Morgan fingerprint density at radius 3 is 2.70 bits per heavy atom. The summed E-state index contributed by atoms with van der Waals surface area (Å²) < 4.78 is 28.4. The van der Waals surface area contributed by atoms with Crippen molar-refractivity contribution in [1.29, 1.82) is 0 Å². The lowest BCUT2D eigenvalue weighted by Crippen LogP contribution is -2.43. The topological polar surface area (TPSA) is 114 Å². The van der Waals surface area contributed by atoms with E-state index < -0.39 is 39.9 Å². The molecule has 0 aliphatic carbocycles. The second kappa shape index (κ2) is 7.51. The number of hydrogen-bond donors (Lipinski definition) is 1. The molecule has 2 aromatic rings. The molecule has 1 aliphatic rings. The number of para-hydroxylation sites is 1. The van der Waals surface area contributed by atoms with Crippen LogP contribution >= 0.6 is 0 Å². The second-order valence-electron chi connectivity index (χ2n) is 6.41. The average Bonchev–Trinajstić information content (AvgIpc) is 2.99. The number of fused-ring (bicyclic) bond motifs is 1. The number of esters is 1. The van der Waals surface area contributed by atoms with Gasteiger partial charge >= 0.3 is 5.97 Å². The molecule has 1 fully saturated rings. The molecule has 1 N–H and O–H groups in total. The fourth-order valence-corrected chi connectivity index (χ4v) is 5.05. The highest BCUT2D eigenvalue weighted by Crippen LogP contribution is 2.19. The van der Waals surface area contributed by atoms with E-state index in [9.17, 15) is 22.8 Å². The van der Waals surface area contributed by atoms with Crippen molar-refractivity contribution in [2.45, 2.75) is 19.4 Å². The summed E-state index contributed by atoms with van der Waals surface area (Å²) in [4.78, 5) is 40.6. The van der Waals surface area contributed by atoms with Gasteiger partial charge in [0.1, 0.15) is 0 Å². The summed E-state index contributed by atoms with van der Waals surface area (Å²) >= 11 is 0.